The lowest BCUT2D eigenvalue weighted by Gasteiger charge is -2.53. The van der Waals surface area contributed by atoms with E-state index >= 15 is 0 Å². The molecular weight excluding hydrogens is 520 g/mol. The zero-order valence-corrected chi connectivity index (χ0v) is 23.4. The van der Waals surface area contributed by atoms with E-state index in [9.17, 15) is 18.0 Å². The summed E-state index contributed by atoms with van der Waals surface area (Å²) >= 11 is 0. The van der Waals surface area contributed by atoms with E-state index in [1.54, 1.807) is 34.3 Å². The van der Waals surface area contributed by atoms with Gasteiger partial charge in [0.1, 0.15) is 34.9 Å². The smallest absolute Gasteiger partial charge is 0.376 e. The molecule has 0 radical (unpaired) electrons. The van der Waals surface area contributed by atoms with Crippen LogP contribution in [0.15, 0.2) is 49.1 Å². The standard InChI is InChI=1S/C25H31B3F3N7O2/c1-14(2)20-23(11-40-12-23)38(25(26,27)28)22(39)37(20)19-8-9-32-21(35-19)34-15(3)18-10-36(13-33-18)17-6-4-16(5-7-17)24(29,30)31/h4-10,13-15,20H,11-12,26-28H2,1-3H3,(H,32,34,35)/t15-,20?/m0/s1. The number of benzene rings is 1. The van der Waals surface area contributed by atoms with E-state index in [1.165, 1.54) is 12.1 Å². The van der Waals surface area contributed by atoms with Gasteiger partial charge in [-0.2, -0.15) is 18.2 Å². The van der Waals surface area contributed by atoms with Gasteiger partial charge in [-0.15, -0.1) is 0 Å². The van der Waals surface area contributed by atoms with Gasteiger partial charge >= 0.3 is 12.2 Å². The van der Waals surface area contributed by atoms with Crippen molar-refractivity contribution in [1.29, 1.82) is 0 Å². The molecule has 0 bridgehead atoms. The number of nitrogens with zero attached hydrogens (tertiary/aromatic N) is 6. The lowest BCUT2D eigenvalue weighted by molar-refractivity contribution is -0.137. The fourth-order valence-electron chi connectivity index (χ4n) is 5.86. The van der Waals surface area contributed by atoms with Crippen molar-refractivity contribution in [1.82, 2.24) is 24.4 Å². The van der Waals surface area contributed by atoms with Crippen LogP contribution in [0.5, 0.6) is 0 Å². The van der Waals surface area contributed by atoms with Crippen LogP contribution < -0.4 is 10.2 Å². The van der Waals surface area contributed by atoms with Crippen molar-refractivity contribution in [3.63, 3.8) is 0 Å². The fraction of sp³-hybridized carbons (Fsp3) is 0.440. The normalized spacial score (nSPS) is 19.8. The van der Waals surface area contributed by atoms with Gasteiger partial charge in [0.15, 0.2) is 0 Å². The predicted molar refractivity (Wildman–Crippen MR) is 153 cm³/mol. The Kier molecular flexibility index (Phi) is 6.92. The van der Waals surface area contributed by atoms with E-state index < -0.39 is 22.5 Å². The van der Waals surface area contributed by atoms with Crippen LogP contribution in [0.2, 0.25) is 0 Å². The minimum Gasteiger partial charge on any atom is -0.376 e. The highest BCUT2D eigenvalue weighted by atomic mass is 19.4. The number of carbonyl (C=O) groups is 1. The first-order valence-corrected chi connectivity index (χ1v) is 13.2. The number of rotatable bonds is 7. The summed E-state index contributed by atoms with van der Waals surface area (Å²) in [5, 5.41) is 2.84. The van der Waals surface area contributed by atoms with Crippen molar-refractivity contribution < 1.29 is 22.7 Å². The number of anilines is 2. The van der Waals surface area contributed by atoms with E-state index in [2.05, 4.69) is 29.1 Å². The number of alkyl halides is 3. The Morgan fingerprint density at radius 1 is 1.07 bits per heavy atom. The largest absolute Gasteiger partial charge is 0.416 e. The van der Waals surface area contributed by atoms with E-state index in [0.717, 1.165) is 12.1 Å². The molecule has 2 aliphatic rings. The Labute approximate surface area is 233 Å². The maximum Gasteiger partial charge on any atom is 0.416 e. The first-order chi connectivity index (χ1) is 18.7. The number of ether oxygens (including phenoxy) is 1. The van der Waals surface area contributed by atoms with Crippen LogP contribution in [0.25, 0.3) is 5.69 Å². The van der Waals surface area contributed by atoms with Gasteiger partial charge in [-0.05, 0) is 48.4 Å². The van der Waals surface area contributed by atoms with Gasteiger partial charge in [0.05, 0.1) is 42.9 Å². The molecule has 1 spiro atoms. The monoisotopic (exact) mass is 551 g/mol. The molecule has 1 unspecified atom stereocenters. The van der Waals surface area contributed by atoms with E-state index in [4.69, 9.17) is 9.72 Å². The number of hydrogen-bond acceptors (Lipinski definition) is 6. The van der Waals surface area contributed by atoms with Crippen LogP contribution in [0.1, 0.15) is 38.1 Å². The fourth-order valence-corrected chi connectivity index (χ4v) is 5.86. The first kappa shape index (κ1) is 28.1. The van der Waals surface area contributed by atoms with Crippen LogP contribution in [0.4, 0.5) is 29.7 Å². The Balaban J connectivity index is 1.37. The first-order valence-electron chi connectivity index (χ1n) is 13.2. The summed E-state index contributed by atoms with van der Waals surface area (Å²) in [4.78, 5) is 31.1. The summed E-state index contributed by atoms with van der Waals surface area (Å²) in [6, 6.07) is 6.06. The van der Waals surface area contributed by atoms with E-state index in [-0.39, 0.29) is 24.0 Å². The van der Waals surface area contributed by atoms with Gasteiger partial charge in [0.25, 0.3) is 0 Å². The van der Waals surface area contributed by atoms with Crippen molar-refractivity contribution in [2.45, 2.75) is 49.8 Å². The Morgan fingerprint density at radius 3 is 2.30 bits per heavy atom. The highest BCUT2D eigenvalue weighted by molar-refractivity contribution is 6.60. The topological polar surface area (TPSA) is 88.4 Å². The molecule has 0 aliphatic carbocycles. The molecule has 2 saturated heterocycles. The summed E-state index contributed by atoms with van der Waals surface area (Å²) in [6.45, 7) is 7.04. The van der Waals surface area contributed by atoms with Crippen LogP contribution in [-0.4, -0.2) is 84.0 Å². The second-order valence-electron chi connectivity index (χ2n) is 11.8. The highest BCUT2D eigenvalue weighted by Gasteiger charge is 2.64. The SMILES string of the molecule is BC(B)(B)N1C(=O)N(c2ccnc(N[C@@H](C)c3cn(-c4ccc(C(F)(F)F)cc4)cn3)n2)C(C(C)C)C12COC2. The lowest BCUT2D eigenvalue weighted by atomic mass is 9.47. The number of carbonyl (C=O) groups excluding carboxylic acids is 1. The van der Waals surface area contributed by atoms with Crippen LogP contribution in [0.3, 0.4) is 0 Å². The molecule has 5 rings (SSSR count). The minimum absolute atomic E-state index is 0.109. The van der Waals surface area contributed by atoms with Gasteiger partial charge in [0, 0.05) is 18.1 Å². The van der Waals surface area contributed by atoms with Gasteiger partial charge in [-0.25, -0.2) is 14.8 Å². The molecule has 2 aliphatic heterocycles. The highest BCUT2D eigenvalue weighted by Crippen LogP contribution is 2.45. The second kappa shape index (κ2) is 9.86. The van der Waals surface area contributed by atoms with Crippen LogP contribution in [0, 0.1) is 5.92 Å². The van der Waals surface area contributed by atoms with Crippen molar-refractivity contribution in [2.75, 3.05) is 23.4 Å². The van der Waals surface area contributed by atoms with E-state index in [1.807, 2.05) is 35.4 Å². The molecule has 2 aromatic heterocycles. The molecule has 4 heterocycles. The molecule has 15 heteroatoms. The number of nitrogens with one attached hydrogen (secondary N) is 1. The number of aromatic nitrogens is 4. The second-order valence-corrected chi connectivity index (χ2v) is 11.8. The molecule has 0 saturated carbocycles. The number of amides is 2. The van der Waals surface area contributed by atoms with Crippen LogP contribution in [-0.2, 0) is 10.9 Å². The Morgan fingerprint density at radius 2 is 1.75 bits per heavy atom. The van der Waals surface area contributed by atoms with Gasteiger partial charge in [-0.3, -0.25) is 4.90 Å². The van der Waals surface area contributed by atoms with Crippen molar-refractivity contribution >= 4 is 41.3 Å². The zero-order valence-electron chi connectivity index (χ0n) is 23.4. The maximum absolute atomic E-state index is 13.9. The molecule has 1 aromatic carbocycles. The summed E-state index contributed by atoms with van der Waals surface area (Å²) in [5.41, 5.74) is 0.0687. The third-order valence-electron chi connectivity index (χ3n) is 7.45. The molecule has 3 aromatic rings. The summed E-state index contributed by atoms with van der Waals surface area (Å²) in [5.74, 6) is 0.985. The summed E-state index contributed by atoms with van der Waals surface area (Å²) in [7, 11) is 6.10. The number of imidazole rings is 1. The molecule has 208 valence electrons. The van der Waals surface area contributed by atoms with Crippen LogP contribution >= 0.6 is 0 Å². The van der Waals surface area contributed by atoms with Crippen molar-refractivity contribution in [3.05, 3.63) is 60.3 Å². The molecule has 40 heavy (non-hydrogen) atoms. The quantitative estimate of drug-likeness (QED) is 0.448. The van der Waals surface area contributed by atoms with Gasteiger partial charge < -0.3 is 19.5 Å². The number of halogens is 3. The third-order valence-corrected chi connectivity index (χ3v) is 7.45. The lowest BCUT2D eigenvalue weighted by Crippen LogP contribution is -2.72. The predicted octanol–water partition coefficient (Wildman–Crippen LogP) is 1.40. The van der Waals surface area contributed by atoms with Gasteiger partial charge in [0.2, 0.25) is 5.95 Å². The van der Waals surface area contributed by atoms with Crippen molar-refractivity contribution in [3.8, 4) is 5.69 Å². The maximum atomic E-state index is 13.9. The van der Waals surface area contributed by atoms with E-state index in [0.29, 0.717) is 36.4 Å². The zero-order chi connectivity index (χ0) is 29.0. The number of urea groups is 1. The summed E-state index contributed by atoms with van der Waals surface area (Å²) < 4.78 is 46.0. The molecule has 2 amide bonds. The van der Waals surface area contributed by atoms with Gasteiger partial charge in [-0.1, -0.05) is 13.8 Å². The molecule has 9 nitrogen and oxygen atoms in total. The Hall–Kier alpha value is -3.48. The third kappa shape index (κ3) is 4.84. The number of hydrogen-bond donors (Lipinski definition) is 1. The van der Waals surface area contributed by atoms with Crippen molar-refractivity contribution in [2.24, 2.45) is 5.92 Å². The Bertz CT molecular complexity index is 1390. The molecule has 1 N–H and O–H groups in total. The average molecular weight is 551 g/mol. The average Bonchev–Trinajstić information content (AvgIpc) is 3.45. The molecular formula is C25H31B3F3N7O2. The summed E-state index contributed by atoms with van der Waals surface area (Å²) in [6.07, 6.45) is 0.513. The molecule has 2 atom stereocenters. The minimum atomic E-state index is -4.39. The molecule has 2 fully saturated rings.